The van der Waals surface area contributed by atoms with E-state index in [-0.39, 0.29) is 23.7 Å². The van der Waals surface area contributed by atoms with E-state index in [0.29, 0.717) is 12.4 Å². The molecule has 0 spiro atoms. The number of ether oxygens (including phenoxy) is 1. The summed E-state index contributed by atoms with van der Waals surface area (Å²) >= 11 is 0. The van der Waals surface area contributed by atoms with Crippen molar-refractivity contribution in [2.75, 3.05) is 26.2 Å². The highest BCUT2D eigenvalue weighted by Gasteiger charge is 2.28. The normalized spacial score (nSPS) is 15.5. The maximum absolute atomic E-state index is 13.3. The molecule has 0 saturated carbocycles. The van der Waals surface area contributed by atoms with Gasteiger partial charge in [-0.1, -0.05) is 54.6 Å². The number of nitrogens with one attached hydrogen (secondary N) is 1. The summed E-state index contributed by atoms with van der Waals surface area (Å²) in [4.78, 5) is 20.5. The van der Waals surface area contributed by atoms with Crippen molar-refractivity contribution in [2.45, 2.75) is 18.9 Å². The Morgan fingerprint density at radius 1 is 0.944 bits per heavy atom. The van der Waals surface area contributed by atoms with Crippen LogP contribution in [0.2, 0.25) is 0 Å². The molecule has 0 aliphatic carbocycles. The van der Waals surface area contributed by atoms with Crippen molar-refractivity contribution in [3.05, 3.63) is 108 Å². The number of carbonyl (C=O) groups is 1. The first-order valence-electron chi connectivity index (χ1n) is 12.5. The Hall–Kier alpha value is -3.77. The van der Waals surface area contributed by atoms with Crippen LogP contribution in [0.25, 0.3) is 10.9 Å². The monoisotopic (exact) mass is 483 g/mol. The molecule has 184 valence electrons. The van der Waals surface area contributed by atoms with Gasteiger partial charge < -0.3 is 10.1 Å². The minimum Gasteiger partial charge on any atom is -0.492 e. The van der Waals surface area contributed by atoms with Crippen LogP contribution in [0.3, 0.4) is 0 Å². The van der Waals surface area contributed by atoms with Gasteiger partial charge in [0.2, 0.25) is 5.91 Å². The minimum absolute atomic E-state index is 0.0362. The first kappa shape index (κ1) is 23.9. The van der Waals surface area contributed by atoms with E-state index in [1.807, 2.05) is 60.7 Å². The molecule has 4 aromatic rings. The molecule has 3 aromatic carbocycles. The quantitative estimate of drug-likeness (QED) is 0.366. The van der Waals surface area contributed by atoms with E-state index in [0.717, 1.165) is 54.6 Å². The number of pyridine rings is 1. The predicted molar refractivity (Wildman–Crippen MR) is 139 cm³/mol. The largest absolute Gasteiger partial charge is 0.492 e. The highest BCUT2D eigenvalue weighted by Crippen LogP contribution is 2.25. The number of hydrogen-bond donors (Lipinski definition) is 1. The number of carbonyl (C=O) groups excluding carboxylic acids is 1. The molecule has 1 saturated heterocycles. The lowest BCUT2D eigenvalue weighted by Crippen LogP contribution is -2.43. The number of likely N-dealkylation sites (tertiary alicyclic amines) is 1. The molecule has 5 rings (SSSR count). The van der Waals surface area contributed by atoms with Gasteiger partial charge in [-0.15, -0.1) is 0 Å². The standard InChI is InChI=1S/C30H30FN3O2/c31-25-11-13-26(14-12-25)36-21-20-34-18-16-24(17-19-34)30(35)33-29(23-7-2-1-3-8-23)28-15-10-22-6-4-5-9-27(22)32-28/h1-15,24,29H,16-21H2,(H,33,35). The van der Waals surface area contributed by atoms with Gasteiger partial charge in [0.25, 0.3) is 0 Å². The van der Waals surface area contributed by atoms with Gasteiger partial charge in [0.05, 0.1) is 17.3 Å². The number of para-hydroxylation sites is 1. The molecule has 36 heavy (non-hydrogen) atoms. The van der Waals surface area contributed by atoms with Crippen LogP contribution in [0.15, 0.2) is 91.0 Å². The van der Waals surface area contributed by atoms with Gasteiger partial charge in [-0.25, -0.2) is 4.39 Å². The number of piperidine rings is 1. The first-order chi connectivity index (χ1) is 17.7. The lowest BCUT2D eigenvalue weighted by Gasteiger charge is -2.32. The van der Waals surface area contributed by atoms with Crippen LogP contribution in [-0.2, 0) is 4.79 Å². The number of nitrogens with zero attached hydrogens (tertiary/aromatic N) is 2. The highest BCUT2D eigenvalue weighted by molar-refractivity contribution is 5.81. The number of aromatic nitrogens is 1. The molecule has 1 aromatic heterocycles. The van der Waals surface area contributed by atoms with Gasteiger partial charge in [-0.05, 0) is 67.9 Å². The molecule has 2 heterocycles. The number of rotatable bonds is 8. The van der Waals surface area contributed by atoms with E-state index in [2.05, 4.69) is 16.3 Å². The van der Waals surface area contributed by atoms with Gasteiger partial charge in [0.15, 0.2) is 0 Å². The fraction of sp³-hybridized carbons (Fsp3) is 0.267. The molecular formula is C30H30FN3O2. The summed E-state index contributed by atoms with van der Waals surface area (Å²) in [6.07, 6.45) is 1.60. The topological polar surface area (TPSA) is 54.5 Å². The molecule has 6 heteroatoms. The third-order valence-corrected chi connectivity index (χ3v) is 6.78. The van der Waals surface area contributed by atoms with E-state index in [4.69, 9.17) is 9.72 Å². The smallest absolute Gasteiger partial charge is 0.224 e. The van der Waals surface area contributed by atoms with Crippen molar-refractivity contribution in [3.8, 4) is 5.75 Å². The number of benzene rings is 3. The van der Waals surface area contributed by atoms with Crippen LogP contribution in [0, 0.1) is 11.7 Å². The number of amides is 1. The zero-order chi connectivity index (χ0) is 24.7. The average Bonchev–Trinajstić information content (AvgIpc) is 2.93. The maximum atomic E-state index is 13.3. The number of hydrogen-bond acceptors (Lipinski definition) is 4. The summed E-state index contributed by atoms with van der Waals surface area (Å²) in [5.41, 5.74) is 2.77. The van der Waals surface area contributed by atoms with Crippen LogP contribution in [-0.4, -0.2) is 42.0 Å². The summed E-state index contributed by atoms with van der Waals surface area (Å²) in [5, 5.41) is 4.37. The summed E-state index contributed by atoms with van der Waals surface area (Å²) < 4.78 is 18.8. The van der Waals surface area contributed by atoms with E-state index < -0.39 is 0 Å². The van der Waals surface area contributed by atoms with Crippen molar-refractivity contribution in [1.29, 1.82) is 0 Å². The van der Waals surface area contributed by atoms with Crippen LogP contribution >= 0.6 is 0 Å². The molecule has 0 bridgehead atoms. The zero-order valence-electron chi connectivity index (χ0n) is 20.1. The Labute approximate surface area is 210 Å². The molecule has 1 fully saturated rings. The van der Waals surface area contributed by atoms with Crippen LogP contribution < -0.4 is 10.1 Å². The molecule has 1 aliphatic heterocycles. The summed E-state index contributed by atoms with van der Waals surface area (Å²) in [7, 11) is 0. The van der Waals surface area contributed by atoms with E-state index >= 15 is 0 Å². The minimum atomic E-state index is -0.301. The van der Waals surface area contributed by atoms with Crippen LogP contribution in [0.5, 0.6) is 5.75 Å². The van der Waals surface area contributed by atoms with Crippen LogP contribution in [0.4, 0.5) is 4.39 Å². The number of fused-ring (bicyclic) bond motifs is 1. The molecular weight excluding hydrogens is 453 g/mol. The van der Waals surface area contributed by atoms with Gasteiger partial charge >= 0.3 is 0 Å². The fourth-order valence-corrected chi connectivity index (χ4v) is 4.72. The molecule has 1 aliphatic rings. The first-order valence-corrected chi connectivity index (χ1v) is 12.5. The number of halogens is 1. The molecule has 0 radical (unpaired) electrons. The third-order valence-electron chi connectivity index (χ3n) is 6.78. The lowest BCUT2D eigenvalue weighted by atomic mass is 9.94. The van der Waals surface area contributed by atoms with Gasteiger partial charge in [0, 0.05) is 17.8 Å². The summed E-state index contributed by atoms with van der Waals surface area (Å²) in [5.74, 6) is 0.431. The molecule has 1 atom stereocenters. The van der Waals surface area contributed by atoms with E-state index in [9.17, 15) is 9.18 Å². The second-order valence-corrected chi connectivity index (χ2v) is 9.20. The van der Waals surface area contributed by atoms with Crippen molar-refractivity contribution >= 4 is 16.8 Å². The van der Waals surface area contributed by atoms with Gasteiger partial charge in [-0.3, -0.25) is 14.7 Å². The average molecular weight is 484 g/mol. The Kier molecular flexibility index (Phi) is 7.52. The Morgan fingerprint density at radius 2 is 1.67 bits per heavy atom. The Bertz CT molecular complexity index is 1290. The van der Waals surface area contributed by atoms with Crippen molar-refractivity contribution < 1.29 is 13.9 Å². The molecule has 1 amide bonds. The molecule has 1 unspecified atom stereocenters. The zero-order valence-corrected chi connectivity index (χ0v) is 20.1. The summed E-state index contributed by atoms with van der Waals surface area (Å²) in [6.45, 7) is 3.00. The van der Waals surface area contributed by atoms with Gasteiger partial charge in [0.1, 0.15) is 18.2 Å². The van der Waals surface area contributed by atoms with Crippen LogP contribution in [0.1, 0.15) is 30.1 Å². The molecule has 1 N–H and O–H groups in total. The highest BCUT2D eigenvalue weighted by atomic mass is 19.1. The lowest BCUT2D eigenvalue weighted by molar-refractivity contribution is -0.127. The van der Waals surface area contributed by atoms with Gasteiger partial charge in [-0.2, -0.15) is 0 Å². The summed E-state index contributed by atoms with van der Waals surface area (Å²) in [6, 6.07) is 27.9. The molecule has 5 nitrogen and oxygen atoms in total. The third kappa shape index (κ3) is 5.89. The van der Waals surface area contributed by atoms with Crippen molar-refractivity contribution in [3.63, 3.8) is 0 Å². The maximum Gasteiger partial charge on any atom is 0.224 e. The second-order valence-electron chi connectivity index (χ2n) is 9.20. The second kappa shape index (κ2) is 11.3. The fourth-order valence-electron chi connectivity index (χ4n) is 4.72. The Morgan fingerprint density at radius 3 is 2.44 bits per heavy atom. The Balaban J connectivity index is 1.19. The van der Waals surface area contributed by atoms with Crippen molar-refractivity contribution in [1.82, 2.24) is 15.2 Å². The van der Waals surface area contributed by atoms with E-state index in [1.165, 1.54) is 12.1 Å². The SMILES string of the molecule is O=C(NC(c1ccccc1)c1ccc2ccccc2n1)C1CCN(CCOc2ccc(F)cc2)CC1. The predicted octanol–water partition coefficient (Wildman–Crippen LogP) is 5.37. The van der Waals surface area contributed by atoms with E-state index in [1.54, 1.807) is 12.1 Å². The van der Waals surface area contributed by atoms with Crippen molar-refractivity contribution in [2.24, 2.45) is 5.92 Å².